The number of carboxylic acid groups (broad SMARTS) is 1. The summed E-state index contributed by atoms with van der Waals surface area (Å²) in [6.45, 7) is 7.34. The Hall–Kier alpha value is -1.10. The number of piperazine rings is 1. The number of carboxylic acids is 1. The van der Waals surface area contributed by atoms with E-state index in [-0.39, 0.29) is 5.91 Å². The van der Waals surface area contributed by atoms with Crippen LogP contribution in [0.15, 0.2) is 0 Å². The lowest BCUT2D eigenvalue weighted by molar-refractivity contribution is -0.168. The van der Waals surface area contributed by atoms with E-state index >= 15 is 0 Å². The molecule has 0 aromatic heterocycles. The number of hydrogen-bond donors (Lipinski definition) is 1. The van der Waals surface area contributed by atoms with E-state index in [1.807, 2.05) is 0 Å². The highest BCUT2D eigenvalue weighted by atomic mass is 16.4. The molecule has 0 aromatic carbocycles. The van der Waals surface area contributed by atoms with Crippen LogP contribution < -0.4 is 0 Å². The summed E-state index contributed by atoms with van der Waals surface area (Å²) in [5, 5.41) is 9.29. The summed E-state index contributed by atoms with van der Waals surface area (Å²) in [5.74, 6) is -1.10. The van der Waals surface area contributed by atoms with Gasteiger partial charge in [-0.3, -0.25) is 14.5 Å². The van der Waals surface area contributed by atoms with Gasteiger partial charge in [-0.15, -0.1) is 0 Å². The fraction of sp³-hybridized carbons (Fsp3) is 0.846. The lowest BCUT2D eigenvalue weighted by atomic mass is 9.67. The third kappa shape index (κ3) is 2.00. The van der Waals surface area contributed by atoms with Crippen LogP contribution in [0.3, 0.4) is 0 Å². The van der Waals surface area contributed by atoms with Gasteiger partial charge in [0.1, 0.15) is 5.41 Å². The number of nitrogens with zero attached hydrogens (tertiary/aromatic N) is 2. The van der Waals surface area contributed by atoms with E-state index in [0.717, 1.165) is 19.5 Å². The SMILES string of the molecule is CCN1CCN(C(=O)C2(C(=O)O)CCC2)CC1C. The zero-order chi connectivity index (χ0) is 13.3. The highest BCUT2D eigenvalue weighted by molar-refractivity contribution is 6.02. The lowest BCUT2D eigenvalue weighted by Gasteiger charge is -2.45. The van der Waals surface area contributed by atoms with E-state index in [1.54, 1.807) is 4.90 Å². The molecule has 1 aliphatic carbocycles. The molecule has 1 aliphatic heterocycles. The van der Waals surface area contributed by atoms with Crippen LogP contribution in [-0.2, 0) is 9.59 Å². The van der Waals surface area contributed by atoms with E-state index in [9.17, 15) is 14.7 Å². The molecular formula is C13H22N2O3. The number of rotatable bonds is 3. The Kier molecular flexibility index (Phi) is 3.61. The number of carbonyl (C=O) groups is 2. The van der Waals surface area contributed by atoms with Crippen LogP contribution >= 0.6 is 0 Å². The average molecular weight is 254 g/mol. The molecule has 0 spiro atoms. The van der Waals surface area contributed by atoms with Crippen molar-refractivity contribution in [3.05, 3.63) is 0 Å². The smallest absolute Gasteiger partial charge is 0.319 e. The summed E-state index contributed by atoms with van der Waals surface area (Å²) in [6, 6.07) is 0.318. The molecule has 0 aromatic rings. The van der Waals surface area contributed by atoms with Crippen LogP contribution in [0.25, 0.3) is 0 Å². The van der Waals surface area contributed by atoms with E-state index in [4.69, 9.17) is 0 Å². The number of amides is 1. The van der Waals surface area contributed by atoms with Crippen molar-refractivity contribution in [1.82, 2.24) is 9.80 Å². The third-order valence-electron chi connectivity index (χ3n) is 4.48. The normalized spacial score (nSPS) is 27.7. The van der Waals surface area contributed by atoms with Gasteiger partial charge in [0.2, 0.25) is 5.91 Å². The first kappa shape index (κ1) is 13.3. The third-order valence-corrected chi connectivity index (χ3v) is 4.48. The molecule has 0 bridgehead atoms. The van der Waals surface area contributed by atoms with Gasteiger partial charge in [0, 0.05) is 25.7 Å². The van der Waals surface area contributed by atoms with E-state index in [2.05, 4.69) is 18.7 Å². The van der Waals surface area contributed by atoms with Crippen LogP contribution in [0, 0.1) is 5.41 Å². The maximum atomic E-state index is 12.4. The van der Waals surface area contributed by atoms with E-state index < -0.39 is 11.4 Å². The molecule has 5 nitrogen and oxygen atoms in total. The van der Waals surface area contributed by atoms with E-state index in [0.29, 0.717) is 32.0 Å². The van der Waals surface area contributed by atoms with Gasteiger partial charge in [0.05, 0.1) is 0 Å². The van der Waals surface area contributed by atoms with Crippen LogP contribution in [0.1, 0.15) is 33.1 Å². The highest BCUT2D eigenvalue weighted by Gasteiger charge is 2.53. The Labute approximate surface area is 108 Å². The molecule has 2 fully saturated rings. The molecule has 18 heavy (non-hydrogen) atoms. The molecule has 2 rings (SSSR count). The van der Waals surface area contributed by atoms with E-state index in [1.165, 1.54) is 0 Å². The largest absolute Gasteiger partial charge is 0.480 e. The zero-order valence-electron chi connectivity index (χ0n) is 11.2. The number of carbonyl (C=O) groups excluding carboxylic acids is 1. The number of aliphatic carboxylic acids is 1. The molecule has 2 aliphatic rings. The molecule has 1 saturated carbocycles. The van der Waals surface area contributed by atoms with Gasteiger partial charge in [0.25, 0.3) is 0 Å². The zero-order valence-corrected chi connectivity index (χ0v) is 11.2. The maximum Gasteiger partial charge on any atom is 0.319 e. The quantitative estimate of drug-likeness (QED) is 0.757. The molecule has 1 saturated heterocycles. The number of hydrogen-bond acceptors (Lipinski definition) is 3. The molecule has 1 amide bonds. The van der Waals surface area contributed by atoms with Crippen molar-refractivity contribution in [2.45, 2.75) is 39.2 Å². The second-order valence-corrected chi connectivity index (χ2v) is 5.47. The summed E-state index contributed by atoms with van der Waals surface area (Å²) in [4.78, 5) is 27.8. The predicted octanol–water partition coefficient (Wildman–Crippen LogP) is 0.794. The van der Waals surface area contributed by atoms with Crippen molar-refractivity contribution in [1.29, 1.82) is 0 Å². The van der Waals surface area contributed by atoms with Crippen LogP contribution in [0.4, 0.5) is 0 Å². The number of likely N-dealkylation sites (N-methyl/N-ethyl adjacent to an activating group) is 1. The van der Waals surface area contributed by atoms with Gasteiger partial charge in [-0.25, -0.2) is 0 Å². The molecule has 1 heterocycles. The predicted molar refractivity (Wildman–Crippen MR) is 67.2 cm³/mol. The molecule has 102 valence electrons. The Morgan fingerprint density at radius 2 is 2.00 bits per heavy atom. The summed E-state index contributed by atoms with van der Waals surface area (Å²) < 4.78 is 0. The Morgan fingerprint density at radius 1 is 1.33 bits per heavy atom. The molecule has 1 atom stereocenters. The minimum atomic E-state index is -1.10. The summed E-state index contributed by atoms with van der Waals surface area (Å²) >= 11 is 0. The molecule has 1 N–H and O–H groups in total. The maximum absolute atomic E-state index is 12.4. The first-order valence-electron chi connectivity index (χ1n) is 6.78. The molecular weight excluding hydrogens is 232 g/mol. The topological polar surface area (TPSA) is 60.9 Å². The van der Waals surface area contributed by atoms with Crippen molar-refractivity contribution in [2.75, 3.05) is 26.2 Å². The minimum Gasteiger partial charge on any atom is -0.480 e. The lowest BCUT2D eigenvalue weighted by Crippen LogP contribution is -2.59. The molecule has 1 unspecified atom stereocenters. The van der Waals surface area contributed by atoms with Crippen LogP contribution in [0.2, 0.25) is 0 Å². The Bertz CT molecular complexity index is 352. The molecule has 0 radical (unpaired) electrons. The first-order chi connectivity index (χ1) is 8.51. The van der Waals surface area contributed by atoms with Gasteiger partial charge in [-0.2, -0.15) is 0 Å². The first-order valence-corrected chi connectivity index (χ1v) is 6.78. The summed E-state index contributed by atoms with van der Waals surface area (Å²) in [5.41, 5.74) is -1.10. The second kappa shape index (κ2) is 4.88. The van der Waals surface area contributed by atoms with Gasteiger partial charge >= 0.3 is 5.97 Å². The van der Waals surface area contributed by atoms with Crippen LogP contribution in [0.5, 0.6) is 0 Å². The van der Waals surface area contributed by atoms with Crippen LogP contribution in [-0.4, -0.2) is 59.0 Å². The fourth-order valence-electron chi connectivity index (χ4n) is 3.00. The Morgan fingerprint density at radius 3 is 2.39 bits per heavy atom. The van der Waals surface area contributed by atoms with Crippen molar-refractivity contribution < 1.29 is 14.7 Å². The van der Waals surface area contributed by atoms with Crippen molar-refractivity contribution >= 4 is 11.9 Å². The minimum absolute atomic E-state index is 0.163. The standard InChI is InChI=1S/C13H22N2O3/c1-3-14-7-8-15(9-10(14)2)11(16)13(12(17)18)5-4-6-13/h10H,3-9H2,1-2H3,(H,17,18). The highest BCUT2D eigenvalue weighted by Crippen LogP contribution is 2.43. The fourth-order valence-corrected chi connectivity index (χ4v) is 3.00. The average Bonchev–Trinajstić information content (AvgIpc) is 2.26. The van der Waals surface area contributed by atoms with Gasteiger partial charge in [0.15, 0.2) is 0 Å². The van der Waals surface area contributed by atoms with Crippen molar-refractivity contribution in [3.63, 3.8) is 0 Å². The second-order valence-electron chi connectivity index (χ2n) is 5.47. The van der Waals surface area contributed by atoms with Crippen molar-refractivity contribution in [2.24, 2.45) is 5.41 Å². The van der Waals surface area contributed by atoms with Gasteiger partial charge in [-0.1, -0.05) is 13.3 Å². The van der Waals surface area contributed by atoms with Crippen molar-refractivity contribution in [3.8, 4) is 0 Å². The Balaban J connectivity index is 2.04. The van der Waals surface area contributed by atoms with Gasteiger partial charge in [-0.05, 0) is 26.3 Å². The summed E-state index contributed by atoms with van der Waals surface area (Å²) in [7, 11) is 0. The summed E-state index contributed by atoms with van der Waals surface area (Å²) in [6.07, 6.45) is 1.86. The monoisotopic (exact) mass is 254 g/mol. The van der Waals surface area contributed by atoms with Gasteiger partial charge < -0.3 is 10.0 Å². The molecule has 5 heteroatoms.